The van der Waals surface area contributed by atoms with Crippen molar-refractivity contribution in [1.29, 1.82) is 0 Å². The van der Waals surface area contributed by atoms with Gasteiger partial charge in [-0.1, -0.05) is 66.2 Å². The molecule has 0 radical (unpaired) electrons. The molecule has 234 valence electrons. The number of nitrogens with zero attached hydrogens (tertiary/aromatic N) is 2. The molecule has 0 aromatic carbocycles. The highest BCUT2D eigenvalue weighted by Crippen LogP contribution is 2.37. The Labute approximate surface area is 244 Å². The average molecular weight is 573 g/mol. The third kappa shape index (κ3) is 21.8. The van der Waals surface area contributed by atoms with Gasteiger partial charge in [-0.15, -0.1) is 0 Å². The fourth-order valence-electron chi connectivity index (χ4n) is 4.41. The van der Waals surface area contributed by atoms with Gasteiger partial charge in [-0.2, -0.15) is 0 Å². The van der Waals surface area contributed by atoms with Crippen LogP contribution in [0.25, 0.3) is 0 Å². The minimum Gasteiger partial charge on any atom is -0.411 e. The maximum atomic E-state index is 12.0. The first-order valence-electron chi connectivity index (χ1n) is 15.9. The van der Waals surface area contributed by atoms with Crippen molar-refractivity contribution in [3.8, 4) is 0 Å². The Kier molecular flexibility index (Phi) is 21.8. The first-order chi connectivity index (χ1) is 18.3. The molecule has 39 heavy (non-hydrogen) atoms. The summed E-state index contributed by atoms with van der Waals surface area (Å²) in [7, 11) is 4.53. The Bertz CT molecular complexity index is 599. The molecule has 0 aromatic rings. The number of aliphatic hydroxyl groups is 1. The zero-order valence-corrected chi connectivity index (χ0v) is 28.5. The Morgan fingerprint density at radius 2 is 1.54 bits per heavy atom. The van der Waals surface area contributed by atoms with E-state index < -0.39 is 8.32 Å². The van der Waals surface area contributed by atoms with Crippen molar-refractivity contribution in [1.82, 2.24) is 20.4 Å². The van der Waals surface area contributed by atoms with Crippen molar-refractivity contribution < 1.29 is 14.3 Å². The minimum atomic E-state index is -1.89. The van der Waals surface area contributed by atoms with Crippen LogP contribution in [0.15, 0.2) is 0 Å². The smallest absolute Gasteiger partial charge is 0.219 e. The summed E-state index contributed by atoms with van der Waals surface area (Å²) in [6.45, 7) is 18.8. The van der Waals surface area contributed by atoms with Crippen LogP contribution in [0.2, 0.25) is 18.1 Å². The second-order valence-corrected chi connectivity index (χ2v) is 18.2. The molecular weight excluding hydrogens is 504 g/mol. The normalized spacial score (nSPS) is 14.3. The largest absolute Gasteiger partial charge is 0.411 e. The lowest BCUT2D eigenvalue weighted by Gasteiger charge is -2.40. The van der Waals surface area contributed by atoms with Crippen molar-refractivity contribution >= 4 is 14.2 Å². The molecule has 0 heterocycles. The van der Waals surface area contributed by atoms with Crippen LogP contribution >= 0.6 is 0 Å². The van der Waals surface area contributed by atoms with Gasteiger partial charge in [0.15, 0.2) is 8.32 Å². The molecule has 7 nitrogen and oxygen atoms in total. The molecule has 0 rings (SSSR count). The van der Waals surface area contributed by atoms with E-state index in [-0.39, 0.29) is 23.2 Å². The molecule has 8 heteroatoms. The van der Waals surface area contributed by atoms with E-state index in [1.165, 1.54) is 32.1 Å². The van der Waals surface area contributed by atoms with Gasteiger partial charge in [0.25, 0.3) is 0 Å². The molecule has 0 aromatic heterocycles. The summed E-state index contributed by atoms with van der Waals surface area (Å²) >= 11 is 0. The Morgan fingerprint density at radius 3 is 2.15 bits per heavy atom. The third-order valence-electron chi connectivity index (χ3n) is 7.97. The van der Waals surface area contributed by atoms with Gasteiger partial charge in [0, 0.05) is 32.6 Å². The topological polar surface area (TPSA) is 77.1 Å². The number of likely N-dealkylation sites (N-methyl/N-ethyl adjacent to an activating group) is 1. The monoisotopic (exact) mass is 573 g/mol. The van der Waals surface area contributed by atoms with E-state index in [0.717, 1.165) is 64.7 Å². The van der Waals surface area contributed by atoms with E-state index in [1.807, 2.05) is 0 Å². The summed E-state index contributed by atoms with van der Waals surface area (Å²) in [5.41, 5.74) is 0. The SMILES string of the molecule is CCCCCCCCCC(=O)NCCCCC(O)CNCC(CN(C)CCCN(C)C)O[Si](C)(C)C(C)(C)C. The van der Waals surface area contributed by atoms with Crippen molar-refractivity contribution in [2.24, 2.45) is 0 Å². The lowest BCUT2D eigenvalue weighted by atomic mass is 10.1. The van der Waals surface area contributed by atoms with Crippen LogP contribution in [0, 0.1) is 0 Å². The Balaban J connectivity index is 4.24. The molecule has 0 aliphatic rings. The predicted octanol–water partition coefficient (Wildman–Crippen LogP) is 5.64. The van der Waals surface area contributed by atoms with Crippen molar-refractivity contribution in [2.45, 2.75) is 135 Å². The summed E-state index contributed by atoms with van der Waals surface area (Å²) < 4.78 is 6.78. The zero-order valence-electron chi connectivity index (χ0n) is 27.5. The summed E-state index contributed by atoms with van der Waals surface area (Å²) in [6, 6.07) is 0. The van der Waals surface area contributed by atoms with Gasteiger partial charge in [0.1, 0.15) is 0 Å². The van der Waals surface area contributed by atoms with Crippen LogP contribution < -0.4 is 10.6 Å². The van der Waals surface area contributed by atoms with E-state index in [2.05, 4.69) is 82.4 Å². The predicted molar refractivity (Wildman–Crippen MR) is 171 cm³/mol. The molecule has 0 aliphatic heterocycles. The first-order valence-corrected chi connectivity index (χ1v) is 18.9. The quantitative estimate of drug-likeness (QED) is 0.0971. The summed E-state index contributed by atoms with van der Waals surface area (Å²) in [6.07, 6.45) is 12.7. The first kappa shape index (κ1) is 38.5. The number of aliphatic hydroxyl groups excluding tert-OH is 1. The van der Waals surface area contributed by atoms with Gasteiger partial charge in [-0.3, -0.25) is 4.79 Å². The van der Waals surface area contributed by atoms with Crippen molar-refractivity contribution in [2.75, 3.05) is 60.4 Å². The molecular formula is C31H68N4O3Si. The Morgan fingerprint density at radius 1 is 0.897 bits per heavy atom. The molecule has 2 unspecified atom stereocenters. The zero-order chi connectivity index (χ0) is 29.7. The van der Waals surface area contributed by atoms with Crippen LogP contribution in [-0.2, 0) is 9.22 Å². The van der Waals surface area contributed by atoms with Crippen LogP contribution in [0.1, 0.15) is 105 Å². The van der Waals surface area contributed by atoms with Crippen molar-refractivity contribution in [3.05, 3.63) is 0 Å². The van der Waals surface area contributed by atoms with E-state index >= 15 is 0 Å². The summed E-state index contributed by atoms with van der Waals surface area (Å²) in [5.74, 6) is 0.172. The third-order valence-corrected chi connectivity index (χ3v) is 12.5. The highest BCUT2D eigenvalue weighted by molar-refractivity contribution is 6.74. The maximum absolute atomic E-state index is 12.0. The van der Waals surface area contributed by atoms with E-state index in [9.17, 15) is 9.90 Å². The standard InChI is InChI=1S/C31H68N4O3Si/c1-10-11-12-13-14-15-16-21-30(37)33-22-18-17-20-28(36)25-32-26-29(38-39(8,9)31(2,3)4)27-35(7)24-19-23-34(5)6/h28-29,32,36H,10-27H2,1-9H3,(H,33,37). The number of carbonyl (C=O) groups is 1. The molecule has 0 aliphatic carbocycles. The molecule has 1 amide bonds. The summed E-state index contributed by atoms with van der Waals surface area (Å²) in [5, 5.41) is 17.2. The second-order valence-electron chi connectivity index (χ2n) is 13.4. The molecule has 3 N–H and O–H groups in total. The van der Waals surface area contributed by atoms with Crippen LogP contribution in [0.3, 0.4) is 0 Å². The van der Waals surface area contributed by atoms with Gasteiger partial charge in [-0.05, 0) is 84.5 Å². The average Bonchev–Trinajstić information content (AvgIpc) is 2.82. The van der Waals surface area contributed by atoms with Crippen LogP contribution in [-0.4, -0.2) is 102 Å². The van der Waals surface area contributed by atoms with E-state index in [0.29, 0.717) is 19.5 Å². The van der Waals surface area contributed by atoms with Crippen LogP contribution in [0.5, 0.6) is 0 Å². The lowest BCUT2D eigenvalue weighted by Crippen LogP contribution is -2.50. The van der Waals surface area contributed by atoms with E-state index in [1.54, 1.807) is 0 Å². The molecule has 0 fully saturated rings. The van der Waals surface area contributed by atoms with Gasteiger partial charge in [-0.25, -0.2) is 0 Å². The molecule has 0 saturated heterocycles. The lowest BCUT2D eigenvalue weighted by molar-refractivity contribution is -0.121. The van der Waals surface area contributed by atoms with E-state index in [4.69, 9.17) is 4.43 Å². The van der Waals surface area contributed by atoms with Gasteiger partial charge >= 0.3 is 0 Å². The number of nitrogens with one attached hydrogen (secondary N) is 2. The number of carbonyl (C=O) groups excluding carboxylic acids is 1. The highest BCUT2D eigenvalue weighted by atomic mass is 28.4. The van der Waals surface area contributed by atoms with Gasteiger partial charge in [0.2, 0.25) is 5.91 Å². The van der Waals surface area contributed by atoms with Crippen molar-refractivity contribution in [3.63, 3.8) is 0 Å². The number of rotatable bonds is 25. The number of hydrogen-bond donors (Lipinski definition) is 3. The molecule has 0 spiro atoms. The van der Waals surface area contributed by atoms with Gasteiger partial charge < -0.3 is 30.0 Å². The highest BCUT2D eigenvalue weighted by Gasteiger charge is 2.39. The molecule has 0 saturated carbocycles. The molecule has 0 bridgehead atoms. The van der Waals surface area contributed by atoms with Crippen LogP contribution in [0.4, 0.5) is 0 Å². The summed E-state index contributed by atoms with van der Waals surface area (Å²) in [4.78, 5) is 16.6. The second kappa shape index (κ2) is 22.1. The molecule has 2 atom stereocenters. The maximum Gasteiger partial charge on any atom is 0.219 e. The number of amides is 1. The number of hydrogen-bond acceptors (Lipinski definition) is 6. The fourth-order valence-corrected chi connectivity index (χ4v) is 5.75. The number of unbranched alkanes of at least 4 members (excludes halogenated alkanes) is 7. The Hall–Kier alpha value is -0.513. The van der Waals surface area contributed by atoms with Gasteiger partial charge in [0.05, 0.1) is 12.2 Å². The fraction of sp³-hybridized carbons (Fsp3) is 0.968. The minimum absolute atomic E-state index is 0.106.